The first kappa shape index (κ1) is 9.13. The molecule has 0 spiro atoms. The van der Waals surface area contributed by atoms with Gasteiger partial charge in [0.25, 0.3) is 0 Å². The minimum atomic E-state index is -0.106. The van der Waals surface area contributed by atoms with Crippen LogP contribution in [0.4, 0.5) is 0 Å². The Hall–Kier alpha value is -1.44. The van der Waals surface area contributed by atoms with E-state index in [1.54, 1.807) is 0 Å². The first-order chi connectivity index (χ1) is 6.58. The summed E-state index contributed by atoms with van der Waals surface area (Å²) in [6, 6.07) is 2.02. The molecule has 0 N–H and O–H groups in total. The van der Waals surface area contributed by atoms with Crippen LogP contribution in [0.5, 0.6) is 0 Å². The Kier molecular flexibility index (Phi) is 1.99. The van der Waals surface area contributed by atoms with E-state index < -0.39 is 0 Å². The van der Waals surface area contributed by atoms with E-state index in [0.717, 1.165) is 11.3 Å². The minimum absolute atomic E-state index is 0.106. The Labute approximate surface area is 84.4 Å². The molecule has 0 aliphatic carbocycles. The number of nitrogens with zero attached hydrogens (tertiary/aromatic N) is 2. The lowest BCUT2D eigenvalue weighted by molar-refractivity contribution is 0.665. The summed E-state index contributed by atoms with van der Waals surface area (Å²) >= 11 is 0. The third-order valence-corrected chi connectivity index (χ3v) is 2.42. The van der Waals surface area contributed by atoms with Gasteiger partial charge < -0.3 is 0 Å². The lowest BCUT2D eigenvalue weighted by Gasteiger charge is -2.11. The highest BCUT2D eigenvalue weighted by Gasteiger charge is 2.14. The molecule has 2 heterocycles. The zero-order valence-corrected chi connectivity index (χ0v) is 8.78. The second-order valence-corrected chi connectivity index (χ2v) is 4.14. The number of aryl methyl sites for hydroxylation is 1. The van der Waals surface area contributed by atoms with Crippen LogP contribution in [-0.2, 0) is 0 Å². The molecule has 72 valence electrons. The molecule has 2 rings (SSSR count). The van der Waals surface area contributed by atoms with Gasteiger partial charge in [-0.25, -0.2) is 0 Å². The lowest BCUT2D eigenvalue weighted by Crippen LogP contribution is -2.11. The summed E-state index contributed by atoms with van der Waals surface area (Å²) in [5.41, 5.74) is 3.26. The number of fused-ring (bicyclic) bond motifs is 1. The molecule has 0 amide bonds. The third kappa shape index (κ3) is 1.60. The van der Waals surface area contributed by atoms with Crippen molar-refractivity contribution in [1.82, 2.24) is 4.98 Å². The van der Waals surface area contributed by atoms with Gasteiger partial charge in [0.2, 0.25) is 0 Å². The zero-order chi connectivity index (χ0) is 10.2. The molecular weight excluding hydrogens is 172 g/mol. The maximum atomic E-state index is 4.51. The fraction of sp³-hybridized carbons (Fsp3) is 0.333. The van der Waals surface area contributed by atoms with E-state index in [4.69, 9.17) is 0 Å². The number of aliphatic imine (C=N–C) groups is 1. The molecule has 1 aromatic heterocycles. The standard InChI is InChI=1S/C12H14N2/c1-9-11-8-14-12(2,3)6-4-10(11)5-7-13-9/h4-8H,1-3H3. The van der Waals surface area contributed by atoms with E-state index in [0.29, 0.717) is 0 Å². The molecule has 2 heteroatoms. The first-order valence-corrected chi connectivity index (χ1v) is 4.78. The van der Waals surface area contributed by atoms with Crippen LogP contribution in [0.25, 0.3) is 6.08 Å². The molecule has 0 saturated carbocycles. The van der Waals surface area contributed by atoms with Gasteiger partial charge in [0.05, 0.1) is 5.54 Å². The van der Waals surface area contributed by atoms with Crippen LogP contribution < -0.4 is 0 Å². The summed E-state index contributed by atoms with van der Waals surface area (Å²) in [7, 11) is 0. The molecular formula is C12H14N2. The average Bonchev–Trinajstić information content (AvgIpc) is 2.27. The van der Waals surface area contributed by atoms with Crippen LogP contribution in [0.3, 0.4) is 0 Å². The van der Waals surface area contributed by atoms with Crippen molar-refractivity contribution in [3.63, 3.8) is 0 Å². The number of pyridine rings is 1. The SMILES string of the molecule is Cc1nccc2c1C=NC(C)(C)C=C2. The molecule has 2 nitrogen and oxygen atoms in total. The van der Waals surface area contributed by atoms with Crippen molar-refractivity contribution < 1.29 is 0 Å². The van der Waals surface area contributed by atoms with Gasteiger partial charge in [-0.1, -0.05) is 12.2 Å². The molecule has 14 heavy (non-hydrogen) atoms. The van der Waals surface area contributed by atoms with Crippen molar-refractivity contribution >= 4 is 12.3 Å². The molecule has 1 aliphatic heterocycles. The van der Waals surface area contributed by atoms with Gasteiger partial charge in [-0.3, -0.25) is 9.98 Å². The Bertz CT molecular complexity index is 414. The summed E-state index contributed by atoms with van der Waals surface area (Å²) in [6.45, 7) is 6.19. The van der Waals surface area contributed by atoms with Crippen molar-refractivity contribution in [1.29, 1.82) is 0 Å². The Morgan fingerprint density at radius 3 is 2.86 bits per heavy atom. The molecule has 0 unspecified atom stereocenters. The summed E-state index contributed by atoms with van der Waals surface area (Å²) in [4.78, 5) is 8.76. The number of hydrogen-bond acceptors (Lipinski definition) is 2. The van der Waals surface area contributed by atoms with Crippen LogP contribution >= 0.6 is 0 Å². The predicted molar refractivity (Wildman–Crippen MR) is 59.7 cm³/mol. The largest absolute Gasteiger partial charge is 0.282 e. The van der Waals surface area contributed by atoms with E-state index in [-0.39, 0.29) is 5.54 Å². The highest BCUT2D eigenvalue weighted by molar-refractivity contribution is 5.88. The smallest absolute Gasteiger partial charge is 0.0735 e. The quantitative estimate of drug-likeness (QED) is 0.611. The van der Waals surface area contributed by atoms with Crippen LogP contribution in [0.2, 0.25) is 0 Å². The first-order valence-electron chi connectivity index (χ1n) is 4.78. The predicted octanol–water partition coefficient (Wildman–Crippen LogP) is 2.61. The number of hydrogen-bond donors (Lipinski definition) is 0. The van der Waals surface area contributed by atoms with Crippen molar-refractivity contribution in [3.05, 3.63) is 35.2 Å². The fourth-order valence-electron chi connectivity index (χ4n) is 1.48. The van der Waals surface area contributed by atoms with Crippen LogP contribution in [0.15, 0.2) is 23.3 Å². The molecule has 0 aromatic carbocycles. The van der Waals surface area contributed by atoms with E-state index in [1.807, 2.05) is 25.4 Å². The summed E-state index contributed by atoms with van der Waals surface area (Å²) < 4.78 is 0. The second kappa shape index (κ2) is 3.05. The number of rotatable bonds is 0. The summed E-state index contributed by atoms with van der Waals surface area (Å²) in [5.74, 6) is 0. The topological polar surface area (TPSA) is 25.2 Å². The second-order valence-electron chi connectivity index (χ2n) is 4.14. The third-order valence-electron chi connectivity index (χ3n) is 2.42. The lowest BCUT2D eigenvalue weighted by atomic mass is 10.0. The van der Waals surface area contributed by atoms with Gasteiger partial charge in [-0.05, 0) is 32.4 Å². The van der Waals surface area contributed by atoms with Gasteiger partial charge >= 0.3 is 0 Å². The maximum absolute atomic E-state index is 4.51. The average molecular weight is 186 g/mol. The minimum Gasteiger partial charge on any atom is -0.282 e. The number of aromatic nitrogens is 1. The molecule has 1 aromatic rings. The van der Waals surface area contributed by atoms with E-state index in [9.17, 15) is 0 Å². The monoisotopic (exact) mass is 186 g/mol. The van der Waals surface area contributed by atoms with Crippen LogP contribution in [-0.4, -0.2) is 16.7 Å². The molecule has 0 saturated heterocycles. The van der Waals surface area contributed by atoms with Crippen LogP contribution in [0, 0.1) is 6.92 Å². The highest BCUT2D eigenvalue weighted by Crippen LogP contribution is 2.20. The van der Waals surface area contributed by atoms with Crippen LogP contribution in [0.1, 0.15) is 30.7 Å². The molecule has 0 radical (unpaired) electrons. The molecule has 1 aliphatic rings. The van der Waals surface area contributed by atoms with Gasteiger partial charge in [0, 0.05) is 23.7 Å². The molecule has 0 atom stereocenters. The molecule has 0 fully saturated rings. The van der Waals surface area contributed by atoms with Gasteiger partial charge in [-0.2, -0.15) is 0 Å². The van der Waals surface area contributed by atoms with E-state index in [1.165, 1.54) is 5.56 Å². The molecule has 0 bridgehead atoms. The maximum Gasteiger partial charge on any atom is 0.0735 e. The fourth-order valence-corrected chi connectivity index (χ4v) is 1.48. The highest BCUT2D eigenvalue weighted by atomic mass is 14.8. The Morgan fingerprint density at radius 1 is 1.29 bits per heavy atom. The summed E-state index contributed by atoms with van der Waals surface area (Å²) in [6.07, 6.45) is 8.01. The van der Waals surface area contributed by atoms with Crippen molar-refractivity contribution in [2.24, 2.45) is 4.99 Å². The van der Waals surface area contributed by atoms with Crippen molar-refractivity contribution in [2.75, 3.05) is 0 Å². The normalized spacial score (nSPS) is 17.6. The van der Waals surface area contributed by atoms with Gasteiger partial charge in [-0.15, -0.1) is 0 Å². The van der Waals surface area contributed by atoms with Gasteiger partial charge in [0.1, 0.15) is 0 Å². The summed E-state index contributed by atoms with van der Waals surface area (Å²) in [5, 5.41) is 0. The zero-order valence-electron chi connectivity index (χ0n) is 8.78. The Balaban J connectivity index is 2.60. The van der Waals surface area contributed by atoms with Crippen molar-refractivity contribution in [3.8, 4) is 0 Å². The van der Waals surface area contributed by atoms with E-state index >= 15 is 0 Å². The Morgan fingerprint density at radius 2 is 2.07 bits per heavy atom. The van der Waals surface area contributed by atoms with Gasteiger partial charge in [0.15, 0.2) is 0 Å². The van der Waals surface area contributed by atoms with E-state index in [2.05, 4.69) is 36.0 Å². The van der Waals surface area contributed by atoms with Crippen molar-refractivity contribution in [2.45, 2.75) is 26.3 Å².